The second-order valence-corrected chi connectivity index (χ2v) is 17.5. The second kappa shape index (κ2) is 14.7. The van der Waals surface area contributed by atoms with E-state index in [1.807, 2.05) is 0 Å². The minimum Gasteiger partial charge on any atom is -0.0622 e. The number of rotatable bonds is 7. The summed E-state index contributed by atoms with van der Waals surface area (Å²) >= 11 is 0. The lowest BCUT2D eigenvalue weighted by Gasteiger charge is -2.22. The van der Waals surface area contributed by atoms with Crippen LogP contribution in [0.3, 0.4) is 0 Å². The summed E-state index contributed by atoms with van der Waals surface area (Å²) in [6.45, 7) is 4.78. The van der Waals surface area contributed by atoms with Gasteiger partial charge < -0.3 is 0 Å². The van der Waals surface area contributed by atoms with E-state index >= 15 is 0 Å². The van der Waals surface area contributed by atoms with E-state index in [4.69, 9.17) is 0 Å². The fourth-order valence-corrected chi connectivity index (χ4v) is 10.7. The van der Waals surface area contributed by atoms with Gasteiger partial charge in [-0.15, -0.1) is 0 Å². The first kappa shape index (κ1) is 37.0. The molecule has 3 aliphatic rings. The second-order valence-electron chi connectivity index (χ2n) is 17.5. The van der Waals surface area contributed by atoms with Crippen molar-refractivity contribution >= 4 is 27.9 Å². The van der Waals surface area contributed by atoms with E-state index < -0.39 is 0 Å². The Balaban J connectivity index is 1.20. The number of hydrogen-bond donors (Lipinski definition) is 0. The molecule has 0 saturated heterocycles. The third kappa shape index (κ3) is 5.90. The van der Waals surface area contributed by atoms with E-state index in [1.54, 1.807) is 0 Å². The molecular weight excluding hydrogens is 757 g/mol. The summed E-state index contributed by atoms with van der Waals surface area (Å²) in [5, 5.41) is 0. The highest BCUT2D eigenvalue weighted by atomic mass is 14.4. The number of fused-ring (bicyclic) bond motifs is 6. The van der Waals surface area contributed by atoms with Crippen LogP contribution in [-0.4, -0.2) is 0 Å². The van der Waals surface area contributed by atoms with Crippen molar-refractivity contribution in [2.75, 3.05) is 0 Å². The summed E-state index contributed by atoms with van der Waals surface area (Å²) in [6, 6.07) is 85.4. The molecular formula is C63H44. The summed E-state index contributed by atoms with van der Waals surface area (Å²) < 4.78 is 0. The number of allylic oxidation sites excluding steroid dienone is 5. The van der Waals surface area contributed by atoms with Gasteiger partial charge in [-0.3, -0.25) is 0 Å². The van der Waals surface area contributed by atoms with Gasteiger partial charge in [-0.2, -0.15) is 0 Å². The standard InChI is InChI=1S/C63H44/c1-63(2)55-36-34-48(37-52(55)49-35-33-47(38-56(49)63)41-21-9-3-10-22-41)60-58(45-29-17-7-18-30-45)59(46-31-19-8-20-32-46)62-57(44-27-15-6-16-28-44)53-39-50(42-23-11-4-12-24-42)51(40-54(53)61(60)62)43-25-13-5-14-26-43/h3-40H,1-2H3. The van der Waals surface area contributed by atoms with Crippen LogP contribution >= 0.6 is 0 Å². The predicted molar refractivity (Wildman–Crippen MR) is 266 cm³/mol. The topological polar surface area (TPSA) is 0 Å². The quantitative estimate of drug-likeness (QED) is 0.151. The van der Waals surface area contributed by atoms with Crippen molar-refractivity contribution in [2.24, 2.45) is 0 Å². The average molecular weight is 801 g/mol. The highest BCUT2D eigenvalue weighted by Crippen LogP contribution is 2.63. The Morgan fingerprint density at radius 3 is 1.11 bits per heavy atom. The van der Waals surface area contributed by atoms with Gasteiger partial charge in [0.15, 0.2) is 0 Å². The van der Waals surface area contributed by atoms with E-state index in [-0.39, 0.29) is 5.41 Å². The maximum absolute atomic E-state index is 2.51. The Morgan fingerprint density at radius 1 is 0.206 bits per heavy atom. The smallest absolute Gasteiger partial charge is 0.0159 e. The first-order valence-electron chi connectivity index (χ1n) is 22.1. The van der Waals surface area contributed by atoms with Gasteiger partial charge in [-0.05, 0) is 147 Å². The molecule has 0 radical (unpaired) electrons. The summed E-state index contributed by atoms with van der Waals surface area (Å²) in [6.07, 6.45) is 0. The Kier molecular flexibility index (Phi) is 8.63. The molecule has 0 heterocycles. The number of hydrogen-bond acceptors (Lipinski definition) is 0. The zero-order valence-corrected chi connectivity index (χ0v) is 35.4. The molecule has 0 heteroatoms. The van der Waals surface area contributed by atoms with Crippen LogP contribution < -0.4 is 0 Å². The normalized spacial score (nSPS) is 14.4. The van der Waals surface area contributed by atoms with Gasteiger partial charge in [-0.1, -0.05) is 220 Å². The van der Waals surface area contributed by atoms with Crippen molar-refractivity contribution in [3.63, 3.8) is 0 Å². The van der Waals surface area contributed by atoms with E-state index in [2.05, 4.69) is 244 Å². The van der Waals surface area contributed by atoms with E-state index in [0.717, 1.165) is 0 Å². The molecule has 12 rings (SSSR count). The zero-order valence-electron chi connectivity index (χ0n) is 35.4. The lowest BCUT2D eigenvalue weighted by atomic mass is 9.80. The summed E-state index contributed by atoms with van der Waals surface area (Å²) in [7, 11) is 0. The maximum atomic E-state index is 2.51. The molecule has 0 unspecified atom stereocenters. The van der Waals surface area contributed by atoms with Crippen LogP contribution in [0.4, 0.5) is 0 Å². The first-order valence-corrected chi connectivity index (χ1v) is 22.1. The highest BCUT2D eigenvalue weighted by Gasteiger charge is 2.42. The van der Waals surface area contributed by atoms with Crippen molar-refractivity contribution in [3.8, 4) is 44.5 Å². The largest absolute Gasteiger partial charge is 0.0622 e. The minimum atomic E-state index is -0.154. The summed E-state index contributed by atoms with van der Waals surface area (Å²) in [4.78, 5) is 0. The third-order valence-electron chi connectivity index (χ3n) is 13.6. The molecule has 63 heavy (non-hydrogen) atoms. The van der Waals surface area contributed by atoms with Crippen LogP contribution in [0, 0.1) is 0 Å². The molecule has 0 N–H and O–H groups in total. The van der Waals surface area contributed by atoms with Crippen LogP contribution in [0.5, 0.6) is 0 Å². The molecule has 0 bridgehead atoms. The van der Waals surface area contributed by atoms with Crippen LogP contribution in [0.25, 0.3) is 72.4 Å². The molecule has 9 aromatic rings. The molecule has 0 amide bonds. The van der Waals surface area contributed by atoms with E-state index in [1.165, 1.54) is 122 Å². The molecule has 3 aliphatic carbocycles. The van der Waals surface area contributed by atoms with Crippen LogP contribution in [0.2, 0.25) is 0 Å². The number of benzene rings is 9. The molecule has 0 saturated carbocycles. The molecule has 0 nitrogen and oxygen atoms in total. The highest BCUT2D eigenvalue weighted by molar-refractivity contribution is 6.39. The lowest BCUT2D eigenvalue weighted by molar-refractivity contribution is 0.660. The SMILES string of the molecule is CC1(C)c2ccc(C3=C4C(=C(c5ccccc5)c5cc(-c6ccccc6)c(-c6ccccc6)cc54)C(c4ccccc4)=C3c3ccccc3)cc2-c2ccc(-c3ccccc3)cc21. The fraction of sp³-hybridized carbons (Fsp3) is 0.0476. The molecule has 0 aromatic heterocycles. The van der Waals surface area contributed by atoms with Crippen molar-refractivity contribution in [3.05, 3.63) is 281 Å². The predicted octanol–water partition coefficient (Wildman–Crippen LogP) is 16.3. The maximum Gasteiger partial charge on any atom is 0.0159 e. The van der Waals surface area contributed by atoms with Gasteiger partial charge in [0.2, 0.25) is 0 Å². The third-order valence-corrected chi connectivity index (χ3v) is 13.6. The Labute approximate surface area is 370 Å². The molecule has 0 aliphatic heterocycles. The Morgan fingerprint density at radius 2 is 0.603 bits per heavy atom. The van der Waals surface area contributed by atoms with Crippen molar-refractivity contribution < 1.29 is 0 Å². The van der Waals surface area contributed by atoms with Gasteiger partial charge in [-0.25, -0.2) is 0 Å². The van der Waals surface area contributed by atoms with Crippen LogP contribution in [0.1, 0.15) is 58.4 Å². The van der Waals surface area contributed by atoms with Gasteiger partial charge in [0, 0.05) is 5.41 Å². The molecule has 0 fully saturated rings. The van der Waals surface area contributed by atoms with Crippen LogP contribution in [0.15, 0.2) is 236 Å². The molecule has 296 valence electrons. The monoisotopic (exact) mass is 800 g/mol. The molecule has 9 aromatic carbocycles. The first-order chi connectivity index (χ1) is 31.0. The van der Waals surface area contributed by atoms with Gasteiger partial charge in [0.1, 0.15) is 0 Å². The van der Waals surface area contributed by atoms with Gasteiger partial charge in [0.25, 0.3) is 0 Å². The molecule has 0 atom stereocenters. The van der Waals surface area contributed by atoms with E-state index in [9.17, 15) is 0 Å². The van der Waals surface area contributed by atoms with Gasteiger partial charge >= 0.3 is 0 Å². The fourth-order valence-electron chi connectivity index (χ4n) is 10.7. The Bertz CT molecular complexity index is 3330. The average Bonchev–Trinajstić information content (AvgIpc) is 3.94. The summed E-state index contributed by atoms with van der Waals surface area (Å²) in [5.41, 5.74) is 27.7. The van der Waals surface area contributed by atoms with E-state index in [0.29, 0.717) is 0 Å². The van der Waals surface area contributed by atoms with Crippen molar-refractivity contribution in [1.29, 1.82) is 0 Å². The van der Waals surface area contributed by atoms with Crippen molar-refractivity contribution in [1.82, 2.24) is 0 Å². The lowest BCUT2D eigenvalue weighted by Crippen LogP contribution is -2.15. The zero-order chi connectivity index (χ0) is 42.1. The molecule has 0 spiro atoms. The van der Waals surface area contributed by atoms with Crippen LogP contribution in [-0.2, 0) is 5.41 Å². The minimum absolute atomic E-state index is 0.154. The summed E-state index contributed by atoms with van der Waals surface area (Å²) in [5.74, 6) is 0. The van der Waals surface area contributed by atoms with Gasteiger partial charge in [0.05, 0.1) is 0 Å². The Hall–Kier alpha value is -7.80. The van der Waals surface area contributed by atoms with Crippen molar-refractivity contribution in [2.45, 2.75) is 19.3 Å².